The van der Waals surface area contributed by atoms with Crippen molar-refractivity contribution in [3.8, 4) is 20.9 Å². The Labute approximate surface area is 384 Å². The molecule has 0 atom stereocenters. The molecule has 0 spiro atoms. The largest absolute Gasteiger partial charge is 0.422 e. The van der Waals surface area contributed by atoms with E-state index in [1.165, 1.54) is 11.3 Å². The third-order valence-electron chi connectivity index (χ3n) is 12.2. The van der Waals surface area contributed by atoms with Gasteiger partial charge in [-0.2, -0.15) is 0 Å². The summed E-state index contributed by atoms with van der Waals surface area (Å²) in [5, 5.41) is 6.02. The molecule has 0 fully saturated rings. The second-order valence-electron chi connectivity index (χ2n) is 17.4. The third kappa shape index (κ3) is 7.01. The molecule has 11 rings (SSSR count). The van der Waals surface area contributed by atoms with Crippen molar-refractivity contribution in [3.63, 3.8) is 0 Å². The SMILES string of the molecule is Cc1c(-c2ccc(-c3c(C(C)(C)C)c4ccc(N(c5cccnc5)c5cccc6ccccc56)cc4oc3=O)s2)c(=O)oc2cc(N(c3cccnc3)c3cccc4ccccc34)ccc12. The first kappa shape index (κ1) is 40.6. The summed E-state index contributed by atoms with van der Waals surface area (Å²) in [6.45, 7) is 8.28. The molecule has 320 valence electrons. The van der Waals surface area contributed by atoms with Crippen LogP contribution in [0.1, 0.15) is 31.9 Å². The Balaban J connectivity index is 1.00. The standard InChI is InChI=1S/C57H42N4O4S/c1-35-42-25-23-38(60(40-17-11-29-58-33-40)46-21-9-15-36-13-5-7-19-43(36)46)31-48(42)64-55(62)52(35)50-27-28-51(66-50)53-54(57(2,3)4)45-26-24-39(32-49(45)65-56(53)63)61(41-18-12-30-59-34-41)47-22-10-16-37-14-6-8-20-44(37)47/h5-34H,1-4H3. The lowest BCUT2D eigenvalue weighted by Gasteiger charge is -2.27. The molecule has 0 bridgehead atoms. The van der Waals surface area contributed by atoms with Gasteiger partial charge < -0.3 is 18.6 Å². The van der Waals surface area contributed by atoms with Gasteiger partial charge in [-0.15, -0.1) is 11.3 Å². The Morgan fingerprint density at radius 3 is 1.50 bits per heavy atom. The van der Waals surface area contributed by atoms with E-state index in [0.717, 1.165) is 77.6 Å². The van der Waals surface area contributed by atoms with Gasteiger partial charge in [-0.05, 0) is 107 Å². The van der Waals surface area contributed by atoms with Crippen LogP contribution >= 0.6 is 11.3 Å². The number of hydrogen-bond acceptors (Lipinski definition) is 9. The van der Waals surface area contributed by atoms with Gasteiger partial charge in [-0.1, -0.05) is 93.6 Å². The Hall–Kier alpha value is -8.14. The van der Waals surface area contributed by atoms with Crippen LogP contribution in [0.2, 0.25) is 0 Å². The molecule has 5 aromatic heterocycles. The normalized spacial score (nSPS) is 11.8. The molecule has 0 radical (unpaired) electrons. The Bertz CT molecular complexity index is 3770. The predicted octanol–water partition coefficient (Wildman–Crippen LogP) is 14.9. The number of aromatic nitrogens is 2. The van der Waals surface area contributed by atoms with Crippen molar-refractivity contribution in [3.05, 3.63) is 214 Å². The van der Waals surface area contributed by atoms with E-state index in [9.17, 15) is 9.59 Å². The minimum atomic E-state index is -0.459. The number of aryl methyl sites for hydroxylation is 1. The van der Waals surface area contributed by atoms with Crippen LogP contribution in [-0.4, -0.2) is 9.97 Å². The van der Waals surface area contributed by atoms with Crippen LogP contribution in [0.3, 0.4) is 0 Å². The minimum Gasteiger partial charge on any atom is -0.422 e. The highest BCUT2D eigenvalue weighted by molar-refractivity contribution is 7.18. The van der Waals surface area contributed by atoms with Gasteiger partial charge in [-0.25, -0.2) is 9.59 Å². The first-order chi connectivity index (χ1) is 32.1. The highest BCUT2D eigenvalue weighted by atomic mass is 32.1. The zero-order valence-corrected chi connectivity index (χ0v) is 37.5. The smallest absolute Gasteiger partial charge is 0.345 e. The number of pyridine rings is 2. The second-order valence-corrected chi connectivity index (χ2v) is 18.5. The average Bonchev–Trinajstić information content (AvgIpc) is 3.81. The highest BCUT2D eigenvalue weighted by Gasteiger charge is 2.29. The van der Waals surface area contributed by atoms with Gasteiger partial charge in [0.1, 0.15) is 11.2 Å². The van der Waals surface area contributed by atoms with Gasteiger partial charge in [0.2, 0.25) is 0 Å². The van der Waals surface area contributed by atoms with E-state index in [1.54, 1.807) is 12.4 Å². The maximum atomic E-state index is 14.4. The van der Waals surface area contributed by atoms with Crippen molar-refractivity contribution in [2.24, 2.45) is 0 Å². The monoisotopic (exact) mass is 878 g/mol. The van der Waals surface area contributed by atoms with E-state index in [2.05, 4.69) is 95.1 Å². The summed E-state index contributed by atoms with van der Waals surface area (Å²) < 4.78 is 12.5. The van der Waals surface area contributed by atoms with E-state index in [4.69, 9.17) is 8.83 Å². The molecule has 0 amide bonds. The fraction of sp³-hybridized carbons (Fsp3) is 0.0877. The molecule has 6 aromatic carbocycles. The molecular formula is C57H42N4O4S. The summed E-state index contributed by atoms with van der Waals surface area (Å²) in [6.07, 6.45) is 7.17. The van der Waals surface area contributed by atoms with Gasteiger partial charge in [0.15, 0.2) is 0 Å². The topological polar surface area (TPSA) is 92.7 Å². The number of fused-ring (bicyclic) bond motifs is 4. The molecule has 8 nitrogen and oxygen atoms in total. The van der Waals surface area contributed by atoms with Crippen molar-refractivity contribution in [1.82, 2.24) is 9.97 Å². The molecule has 0 aliphatic rings. The van der Waals surface area contributed by atoms with E-state index < -0.39 is 16.7 Å². The van der Waals surface area contributed by atoms with Crippen molar-refractivity contribution in [1.29, 1.82) is 0 Å². The summed E-state index contributed by atoms with van der Waals surface area (Å²) in [5.41, 5.74) is 7.52. The molecule has 9 heteroatoms. The number of thiophene rings is 1. The molecule has 0 saturated heterocycles. The molecule has 5 heterocycles. The third-order valence-corrected chi connectivity index (χ3v) is 13.4. The highest BCUT2D eigenvalue weighted by Crippen LogP contribution is 2.45. The summed E-state index contributed by atoms with van der Waals surface area (Å²) >= 11 is 1.39. The summed E-state index contributed by atoms with van der Waals surface area (Å²) in [5.74, 6) is 0. The van der Waals surface area contributed by atoms with Gasteiger partial charge >= 0.3 is 11.3 Å². The van der Waals surface area contributed by atoms with Crippen molar-refractivity contribution < 1.29 is 8.83 Å². The maximum Gasteiger partial charge on any atom is 0.345 e. The van der Waals surface area contributed by atoms with E-state index in [0.29, 0.717) is 32.0 Å². The fourth-order valence-electron chi connectivity index (χ4n) is 9.34. The molecule has 66 heavy (non-hydrogen) atoms. The molecule has 0 N–H and O–H groups in total. The Kier molecular flexibility index (Phi) is 9.93. The van der Waals surface area contributed by atoms with Gasteiger partial charge in [-0.3, -0.25) is 9.97 Å². The van der Waals surface area contributed by atoms with Gasteiger partial charge in [0, 0.05) is 67.2 Å². The molecule has 11 aromatic rings. The number of anilines is 6. The lowest BCUT2D eigenvalue weighted by molar-refractivity contribution is 0.544. The number of benzene rings is 6. The van der Waals surface area contributed by atoms with Crippen LogP contribution in [0.25, 0.3) is 64.4 Å². The lowest BCUT2D eigenvalue weighted by atomic mass is 9.81. The summed E-state index contributed by atoms with van der Waals surface area (Å²) in [6, 6.07) is 52.7. The van der Waals surface area contributed by atoms with Crippen LogP contribution in [0.4, 0.5) is 34.1 Å². The zero-order valence-electron chi connectivity index (χ0n) is 36.7. The lowest BCUT2D eigenvalue weighted by Crippen LogP contribution is -2.19. The second kappa shape index (κ2) is 16.1. The molecular weight excluding hydrogens is 837 g/mol. The van der Waals surface area contributed by atoms with Crippen molar-refractivity contribution >= 4 is 88.9 Å². The van der Waals surface area contributed by atoms with E-state index >= 15 is 0 Å². The van der Waals surface area contributed by atoms with Crippen LogP contribution in [0.15, 0.2) is 201 Å². The Morgan fingerprint density at radius 2 is 0.970 bits per heavy atom. The first-order valence-electron chi connectivity index (χ1n) is 21.8. The molecule has 0 aliphatic carbocycles. The quantitative estimate of drug-likeness (QED) is 0.139. The zero-order chi connectivity index (χ0) is 45.1. The van der Waals surface area contributed by atoms with Crippen molar-refractivity contribution in [2.75, 3.05) is 9.80 Å². The number of nitrogens with zero attached hydrogens (tertiary/aromatic N) is 4. The number of hydrogen-bond donors (Lipinski definition) is 0. The predicted molar refractivity (Wildman–Crippen MR) is 271 cm³/mol. The average molecular weight is 879 g/mol. The van der Waals surface area contributed by atoms with Crippen LogP contribution in [0.5, 0.6) is 0 Å². The molecule has 0 aliphatic heterocycles. The van der Waals surface area contributed by atoms with Crippen LogP contribution in [-0.2, 0) is 5.41 Å². The summed E-state index contributed by atoms with van der Waals surface area (Å²) in [4.78, 5) is 43.2. The van der Waals surface area contributed by atoms with Crippen molar-refractivity contribution in [2.45, 2.75) is 33.1 Å². The number of rotatable bonds is 8. The van der Waals surface area contributed by atoms with Crippen LogP contribution in [0, 0.1) is 6.92 Å². The minimum absolute atomic E-state index is 0.449. The first-order valence-corrected chi connectivity index (χ1v) is 22.6. The van der Waals surface area contributed by atoms with E-state index in [-0.39, 0.29) is 0 Å². The van der Waals surface area contributed by atoms with E-state index in [1.807, 2.05) is 122 Å². The van der Waals surface area contributed by atoms with Gasteiger partial charge in [0.05, 0.1) is 46.3 Å². The van der Waals surface area contributed by atoms with Gasteiger partial charge in [0.25, 0.3) is 0 Å². The molecule has 0 saturated carbocycles. The Morgan fingerprint density at radius 1 is 0.485 bits per heavy atom. The summed E-state index contributed by atoms with van der Waals surface area (Å²) in [7, 11) is 0. The van der Waals surface area contributed by atoms with Crippen LogP contribution < -0.4 is 21.1 Å². The maximum absolute atomic E-state index is 14.4. The molecule has 0 unspecified atom stereocenters. The fourth-order valence-corrected chi connectivity index (χ4v) is 10.5.